The molecule has 12 aromatic rings. The smallest absolute Gasteiger partial charge is 0.0465 e. The minimum absolute atomic E-state index is 0.121. The van der Waals surface area contributed by atoms with Crippen LogP contribution in [0.25, 0.3) is 77.9 Å². The van der Waals surface area contributed by atoms with Gasteiger partial charge < -0.3 is 9.80 Å². The van der Waals surface area contributed by atoms with Crippen LogP contribution in [0.1, 0.15) is 61.1 Å². The van der Waals surface area contributed by atoms with Crippen LogP contribution in [0.2, 0.25) is 0 Å². The highest BCUT2D eigenvalue weighted by atomic mass is 15.1. The Balaban J connectivity index is 0.789. The fraction of sp³-hybridized carbons (Fsp3) is 0.0886. The van der Waals surface area contributed by atoms with E-state index in [1.165, 1.54) is 111 Å². The van der Waals surface area contributed by atoms with Crippen molar-refractivity contribution < 1.29 is 0 Å². The van der Waals surface area contributed by atoms with Gasteiger partial charge in [-0.05, 0) is 190 Å². The van der Waals surface area contributed by atoms with Crippen LogP contribution in [-0.2, 0) is 17.3 Å². The van der Waals surface area contributed by atoms with Crippen molar-refractivity contribution in [2.24, 2.45) is 0 Å². The summed E-state index contributed by atoms with van der Waals surface area (Å²) in [6.45, 7) is 9.46. The molecular formula is C79H60N2. The molecule has 2 nitrogen and oxygen atoms in total. The maximum absolute atomic E-state index is 2.43. The summed E-state index contributed by atoms with van der Waals surface area (Å²) in [5.41, 5.74) is 32.4. The Hall–Kier alpha value is -9.76. The number of hydrogen-bond acceptors (Lipinski definition) is 2. The monoisotopic (exact) mass is 1040 g/mol. The Morgan fingerprint density at radius 2 is 0.531 bits per heavy atom. The number of benzene rings is 12. The summed E-state index contributed by atoms with van der Waals surface area (Å²) >= 11 is 0. The predicted octanol–water partition coefficient (Wildman–Crippen LogP) is 21.5. The molecule has 0 bridgehead atoms. The summed E-state index contributed by atoms with van der Waals surface area (Å²) in [6, 6.07) is 104. The third-order valence-electron chi connectivity index (χ3n) is 17.9. The normalized spacial score (nSPS) is 13.6. The predicted molar refractivity (Wildman–Crippen MR) is 341 cm³/mol. The molecule has 15 rings (SSSR count). The second kappa shape index (κ2) is 19.0. The van der Waals surface area contributed by atoms with Gasteiger partial charge in [-0.15, -0.1) is 0 Å². The average molecular weight is 1040 g/mol. The van der Waals surface area contributed by atoms with Crippen LogP contribution in [-0.4, -0.2) is 0 Å². The van der Waals surface area contributed by atoms with Gasteiger partial charge in [0.15, 0.2) is 0 Å². The summed E-state index contributed by atoms with van der Waals surface area (Å²) in [4.78, 5) is 4.85. The van der Waals surface area contributed by atoms with E-state index >= 15 is 0 Å². The van der Waals surface area contributed by atoms with Crippen LogP contribution in [0, 0.1) is 0 Å². The van der Waals surface area contributed by atoms with E-state index in [-0.39, 0.29) is 10.8 Å². The molecule has 0 radical (unpaired) electrons. The average Bonchev–Trinajstić information content (AvgIpc) is 4.17. The lowest BCUT2D eigenvalue weighted by Gasteiger charge is -2.28. The standard InChI is InChI=1S/C79H60N2/c1-78(2)72-27-13-11-23-68(72)70-47-45-64(50-74(70)78)80(60-37-29-54(30-38-60)52-17-7-5-8-18-52)62-41-33-56(34-42-62)66-25-15-21-58-49-59-22-16-26-67(77(59)76(58)66)57-35-43-63(44-36-57)81(61-39-31-55(32-40-61)53-19-9-6-10-20-53)65-46-48-71-69-24-12-14-28-73(69)79(3,4)75(71)51-65/h5-48,50-51H,49H2,1-4H3. The Morgan fingerprint density at radius 1 is 0.235 bits per heavy atom. The third-order valence-corrected chi connectivity index (χ3v) is 17.9. The number of nitrogens with zero attached hydrogens (tertiary/aromatic N) is 2. The molecule has 81 heavy (non-hydrogen) atoms. The van der Waals surface area contributed by atoms with Gasteiger partial charge in [0.05, 0.1) is 0 Å². The topological polar surface area (TPSA) is 6.48 Å². The molecular weight excluding hydrogens is 977 g/mol. The Labute approximate surface area is 476 Å². The van der Waals surface area contributed by atoms with Gasteiger partial charge in [-0.2, -0.15) is 0 Å². The molecule has 0 N–H and O–H groups in total. The summed E-state index contributed by atoms with van der Waals surface area (Å²) in [7, 11) is 0. The second-order valence-corrected chi connectivity index (χ2v) is 23.2. The van der Waals surface area contributed by atoms with Crippen LogP contribution in [0.15, 0.2) is 279 Å². The zero-order valence-corrected chi connectivity index (χ0v) is 46.2. The lowest BCUT2D eigenvalue weighted by molar-refractivity contribution is 0.660. The van der Waals surface area contributed by atoms with E-state index in [1.54, 1.807) is 0 Å². The first kappa shape index (κ1) is 48.4. The summed E-state index contributed by atoms with van der Waals surface area (Å²) in [5, 5.41) is 0. The number of rotatable bonds is 10. The zero-order chi connectivity index (χ0) is 54.4. The molecule has 0 unspecified atom stereocenters. The zero-order valence-electron chi connectivity index (χ0n) is 46.2. The van der Waals surface area contributed by atoms with E-state index in [2.05, 4.69) is 317 Å². The molecule has 0 aliphatic heterocycles. The van der Waals surface area contributed by atoms with Crippen LogP contribution in [0.4, 0.5) is 34.1 Å². The van der Waals surface area contributed by atoms with Gasteiger partial charge in [-0.25, -0.2) is 0 Å². The van der Waals surface area contributed by atoms with Gasteiger partial charge in [-0.3, -0.25) is 0 Å². The van der Waals surface area contributed by atoms with Crippen LogP contribution < -0.4 is 9.80 Å². The van der Waals surface area contributed by atoms with Gasteiger partial charge in [0, 0.05) is 45.0 Å². The molecule has 0 heterocycles. The lowest BCUT2D eigenvalue weighted by Crippen LogP contribution is -2.16. The van der Waals surface area contributed by atoms with Gasteiger partial charge in [0.25, 0.3) is 0 Å². The molecule has 0 atom stereocenters. The first-order chi connectivity index (χ1) is 39.7. The highest BCUT2D eigenvalue weighted by Crippen LogP contribution is 2.54. The van der Waals surface area contributed by atoms with Crippen molar-refractivity contribution >= 4 is 34.1 Å². The molecule has 0 aromatic heterocycles. The van der Waals surface area contributed by atoms with Crippen LogP contribution in [0.5, 0.6) is 0 Å². The first-order valence-electron chi connectivity index (χ1n) is 28.5. The first-order valence-corrected chi connectivity index (χ1v) is 28.5. The van der Waals surface area contributed by atoms with Crippen LogP contribution >= 0.6 is 0 Å². The van der Waals surface area contributed by atoms with Gasteiger partial charge >= 0.3 is 0 Å². The quantitative estimate of drug-likeness (QED) is 0.135. The van der Waals surface area contributed by atoms with E-state index < -0.39 is 0 Å². The highest BCUT2D eigenvalue weighted by Gasteiger charge is 2.37. The summed E-state index contributed by atoms with van der Waals surface area (Å²) in [6.07, 6.45) is 0.902. The van der Waals surface area contributed by atoms with Gasteiger partial charge in [0.1, 0.15) is 0 Å². The van der Waals surface area contributed by atoms with Gasteiger partial charge in [0.2, 0.25) is 0 Å². The summed E-state index contributed by atoms with van der Waals surface area (Å²) in [5.74, 6) is 0. The fourth-order valence-electron chi connectivity index (χ4n) is 13.8. The largest absolute Gasteiger partial charge is 0.310 e. The van der Waals surface area contributed by atoms with E-state index in [0.717, 1.165) is 40.5 Å². The van der Waals surface area contributed by atoms with Crippen molar-refractivity contribution in [1.29, 1.82) is 0 Å². The SMILES string of the molecule is CC1(C)c2ccccc2-c2ccc(N(c3ccc(-c4ccccc4)cc3)c3ccc(-c4cccc5c4-c4c(cccc4-c4ccc(N(c6ccc(-c7ccccc7)cc6)c6ccc7c(c6)C(C)(C)c6ccccc6-7)cc4)C5)cc3)cc21. The molecule has 0 saturated carbocycles. The lowest BCUT2D eigenvalue weighted by atomic mass is 9.82. The molecule has 2 heteroatoms. The number of hydrogen-bond donors (Lipinski definition) is 0. The van der Waals surface area contributed by atoms with Crippen molar-refractivity contribution in [3.05, 3.63) is 312 Å². The van der Waals surface area contributed by atoms with Crippen molar-refractivity contribution in [2.75, 3.05) is 9.80 Å². The Bertz CT molecular complexity index is 4090. The maximum Gasteiger partial charge on any atom is 0.0465 e. The molecule has 0 saturated heterocycles. The van der Waals surface area contributed by atoms with Crippen LogP contribution in [0.3, 0.4) is 0 Å². The number of anilines is 6. The van der Waals surface area contributed by atoms with E-state index in [0.29, 0.717) is 0 Å². The molecule has 0 amide bonds. The van der Waals surface area contributed by atoms with Gasteiger partial charge in [-0.1, -0.05) is 234 Å². The fourth-order valence-corrected chi connectivity index (χ4v) is 13.8. The maximum atomic E-state index is 2.43. The number of fused-ring (bicyclic) bond motifs is 9. The van der Waals surface area contributed by atoms with Crippen molar-refractivity contribution in [3.8, 4) is 77.9 Å². The molecule has 0 spiro atoms. The summed E-state index contributed by atoms with van der Waals surface area (Å²) < 4.78 is 0. The van der Waals surface area contributed by atoms with E-state index in [1.807, 2.05) is 0 Å². The van der Waals surface area contributed by atoms with Crippen molar-refractivity contribution in [2.45, 2.75) is 44.9 Å². The van der Waals surface area contributed by atoms with Crippen molar-refractivity contribution in [3.63, 3.8) is 0 Å². The minimum Gasteiger partial charge on any atom is -0.310 e. The molecule has 386 valence electrons. The molecule has 12 aromatic carbocycles. The minimum atomic E-state index is -0.121. The Kier molecular flexibility index (Phi) is 11.3. The Morgan fingerprint density at radius 3 is 0.914 bits per heavy atom. The molecule has 3 aliphatic carbocycles. The highest BCUT2D eigenvalue weighted by molar-refractivity contribution is 5.99. The molecule has 3 aliphatic rings. The van der Waals surface area contributed by atoms with Crippen molar-refractivity contribution in [1.82, 2.24) is 0 Å². The second-order valence-electron chi connectivity index (χ2n) is 23.2. The molecule has 0 fully saturated rings. The van der Waals surface area contributed by atoms with E-state index in [4.69, 9.17) is 0 Å². The third kappa shape index (κ3) is 8.00. The van der Waals surface area contributed by atoms with E-state index in [9.17, 15) is 0 Å².